The first-order valence-electron chi connectivity index (χ1n) is 5.59. The summed E-state index contributed by atoms with van der Waals surface area (Å²) in [5.41, 5.74) is 3.97. The molecule has 0 heterocycles. The van der Waals surface area contributed by atoms with Gasteiger partial charge in [0, 0.05) is 5.69 Å². The Bertz CT molecular complexity index is 646. The Morgan fingerprint density at radius 3 is 2.17 bits per heavy atom. The van der Waals surface area contributed by atoms with Gasteiger partial charge >= 0.3 is 0 Å². The quantitative estimate of drug-likeness (QED) is 0.923. The molecule has 0 amide bonds. The fraction of sp³-hybridized carbons (Fsp3) is 0.143. The second-order valence-corrected chi connectivity index (χ2v) is 6.07. The van der Waals surface area contributed by atoms with Gasteiger partial charge in [-0.1, -0.05) is 42.0 Å². The van der Waals surface area contributed by atoms with Crippen LogP contribution in [0.3, 0.4) is 0 Å². The number of hydrogen-bond acceptors (Lipinski definition) is 2. The first kappa shape index (κ1) is 12.6. The van der Waals surface area contributed by atoms with E-state index in [1.165, 1.54) is 5.56 Å². The first-order chi connectivity index (χ1) is 8.44. The number of rotatable bonds is 3. The van der Waals surface area contributed by atoms with Gasteiger partial charge in [-0.3, -0.25) is 4.72 Å². The highest BCUT2D eigenvalue weighted by Crippen LogP contribution is 2.22. The number of sulfonamides is 1. The van der Waals surface area contributed by atoms with Gasteiger partial charge in [-0.25, -0.2) is 8.42 Å². The van der Waals surface area contributed by atoms with Gasteiger partial charge in [0.1, 0.15) is 0 Å². The standard InChI is InChI=1S/C14H15NO2S/c1-11-4-3-5-13(10-11)12-6-8-14(9-7-12)15-18(2,16)17/h3-10,15H,1-2H3. The van der Waals surface area contributed by atoms with E-state index in [0.29, 0.717) is 5.69 Å². The number of aryl methyl sites for hydroxylation is 1. The third kappa shape index (κ3) is 3.34. The Balaban J connectivity index is 2.28. The molecule has 0 atom stereocenters. The van der Waals surface area contributed by atoms with E-state index in [1.54, 1.807) is 12.1 Å². The van der Waals surface area contributed by atoms with Crippen LogP contribution in [-0.2, 0) is 10.0 Å². The van der Waals surface area contributed by atoms with Crippen molar-refractivity contribution >= 4 is 15.7 Å². The zero-order chi connectivity index (χ0) is 13.2. The number of benzene rings is 2. The van der Waals surface area contributed by atoms with Gasteiger partial charge in [0.05, 0.1) is 6.26 Å². The fourth-order valence-electron chi connectivity index (χ4n) is 1.77. The minimum atomic E-state index is -3.21. The van der Waals surface area contributed by atoms with Crippen molar-refractivity contribution < 1.29 is 8.42 Å². The fourth-order valence-corrected chi connectivity index (χ4v) is 2.33. The molecule has 0 saturated carbocycles. The highest BCUT2D eigenvalue weighted by Gasteiger charge is 2.02. The lowest BCUT2D eigenvalue weighted by molar-refractivity contribution is 0.607. The molecule has 0 unspecified atom stereocenters. The molecule has 2 aromatic carbocycles. The largest absolute Gasteiger partial charge is 0.284 e. The predicted molar refractivity (Wildman–Crippen MR) is 75.1 cm³/mol. The molecular formula is C14H15NO2S. The second-order valence-electron chi connectivity index (χ2n) is 4.32. The third-order valence-corrected chi connectivity index (χ3v) is 3.15. The molecule has 0 spiro atoms. The van der Waals surface area contributed by atoms with Crippen LogP contribution in [0.2, 0.25) is 0 Å². The molecule has 0 aliphatic rings. The summed E-state index contributed by atoms with van der Waals surface area (Å²) in [5.74, 6) is 0. The van der Waals surface area contributed by atoms with E-state index < -0.39 is 10.0 Å². The maximum absolute atomic E-state index is 11.1. The number of anilines is 1. The average Bonchev–Trinajstić information content (AvgIpc) is 2.28. The lowest BCUT2D eigenvalue weighted by Crippen LogP contribution is -2.09. The minimum Gasteiger partial charge on any atom is -0.284 e. The van der Waals surface area contributed by atoms with Gasteiger partial charge in [-0.15, -0.1) is 0 Å². The van der Waals surface area contributed by atoms with Crippen molar-refractivity contribution in [2.75, 3.05) is 11.0 Å². The third-order valence-electron chi connectivity index (χ3n) is 2.54. The van der Waals surface area contributed by atoms with Crippen molar-refractivity contribution in [3.05, 3.63) is 54.1 Å². The van der Waals surface area contributed by atoms with Crippen molar-refractivity contribution in [3.63, 3.8) is 0 Å². The van der Waals surface area contributed by atoms with Crippen LogP contribution < -0.4 is 4.72 Å². The summed E-state index contributed by atoms with van der Waals surface area (Å²) in [5, 5.41) is 0. The predicted octanol–water partition coefficient (Wildman–Crippen LogP) is 3.03. The Morgan fingerprint density at radius 2 is 1.61 bits per heavy atom. The van der Waals surface area contributed by atoms with Crippen LogP contribution in [-0.4, -0.2) is 14.7 Å². The Hall–Kier alpha value is -1.81. The van der Waals surface area contributed by atoms with Gasteiger partial charge < -0.3 is 0 Å². The summed E-state index contributed by atoms with van der Waals surface area (Å²) in [6.07, 6.45) is 1.14. The Labute approximate surface area is 108 Å². The normalized spacial score (nSPS) is 11.2. The molecule has 0 saturated heterocycles. The smallest absolute Gasteiger partial charge is 0.229 e. The number of hydrogen-bond donors (Lipinski definition) is 1. The van der Waals surface area contributed by atoms with Crippen LogP contribution >= 0.6 is 0 Å². The summed E-state index contributed by atoms with van der Waals surface area (Å²) in [6, 6.07) is 15.5. The highest BCUT2D eigenvalue weighted by atomic mass is 32.2. The molecule has 2 rings (SSSR count). The minimum absolute atomic E-state index is 0.578. The van der Waals surface area contributed by atoms with Crippen molar-refractivity contribution in [2.45, 2.75) is 6.92 Å². The molecule has 0 aromatic heterocycles. The summed E-state index contributed by atoms with van der Waals surface area (Å²) in [4.78, 5) is 0. The van der Waals surface area contributed by atoms with Crippen molar-refractivity contribution in [3.8, 4) is 11.1 Å². The van der Waals surface area contributed by atoms with E-state index in [0.717, 1.165) is 17.4 Å². The molecule has 0 aliphatic carbocycles. The molecule has 0 radical (unpaired) electrons. The first-order valence-corrected chi connectivity index (χ1v) is 7.48. The molecule has 94 valence electrons. The van der Waals surface area contributed by atoms with Crippen LogP contribution in [0.15, 0.2) is 48.5 Å². The van der Waals surface area contributed by atoms with Gasteiger partial charge in [0.25, 0.3) is 0 Å². The zero-order valence-corrected chi connectivity index (χ0v) is 11.2. The van der Waals surface area contributed by atoms with E-state index in [4.69, 9.17) is 0 Å². The van der Waals surface area contributed by atoms with Crippen molar-refractivity contribution in [1.82, 2.24) is 0 Å². The summed E-state index contributed by atoms with van der Waals surface area (Å²) < 4.78 is 24.6. The lowest BCUT2D eigenvalue weighted by atomic mass is 10.0. The van der Waals surface area contributed by atoms with E-state index >= 15 is 0 Å². The van der Waals surface area contributed by atoms with Crippen molar-refractivity contribution in [2.24, 2.45) is 0 Å². The monoisotopic (exact) mass is 261 g/mol. The molecule has 1 N–H and O–H groups in total. The Kier molecular flexibility index (Phi) is 3.39. The van der Waals surface area contributed by atoms with E-state index in [2.05, 4.69) is 10.8 Å². The van der Waals surface area contributed by atoms with Crippen LogP contribution in [0.4, 0.5) is 5.69 Å². The summed E-state index contributed by atoms with van der Waals surface area (Å²) >= 11 is 0. The summed E-state index contributed by atoms with van der Waals surface area (Å²) in [7, 11) is -3.21. The van der Waals surface area contributed by atoms with Crippen LogP contribution in [0.25, 0.3) is 11.1 Å². The molecular weight excluding hydrogens is 246 g/mol. The Morgan fingerprint density at radius 1 is 0.944 bits per heavy atom. The molecule has 2 aromatic rings. The molecule has 3 nitrogen and oxygen atoms in total. The number of nitrogens with one attached hydrogen (secondary N) is 1. The van der Waals surface area contributed by atoms with Crippen LogP contribution in [0.1, 0.15) is 5.56 Å². The molecule has 0 bridgehead atoms. The summed E-state index contributed by atoms with van der Waals surface area (Å²) in [6.45, 7) is 2.04. The van der Waals surface area contributed by atoms with Crippen LogP contribution in [0.5, 0.6) is 0 Å². The highest BCUT2D eigenvalue weighted by molar-refractivity contribution is 7.92. The van der Waals surface area contributed by atoms with Gasteiger partial charge in [-0.2, -0.15) is 0 Å². The second kappa shape index (κ2) is 4.82. The zero-order valence-electron chi connectivity index (χ0n) is 10.3. The van der Waals surface area contributed by atoms with E-state index in [1.807, 2.05) is 37.3 Å². The molecule has 0 fully saturated rings. The van der Waals surface area contributed by atoms with E-state index in [-0.39, 0.29) is 0 Å². The van der Waals surface area contributed by atoms with Crippen molar-refractivity contribution in [1.29, 1.82) is 0 Å². The topological polar surface area (TPSA) is 46.2 Å². The SMILES string of the molecule is Cc1cccc(-c2ccc(NS(C)(=O)=O)cc2)c1. The van der Waals surface area contributed by atoms with Crippen LogP contribution in [0, 0.1) is 6.92 Å². The molecule has 4 heteroatoms. The van der Waals surface area contributed by atoms with Gasteiger partial charge in [-0.05, 0) is 30.2 Å². The molecule has 18 heavy (non-hydrogen) atoms. The van der Waals surface area contributed by atoms with E-state index in [9.17, 15) is 8.42 Å². The maximum Gasteiger partial charge on any atom is 0.229 e. The maximum atomic E-state index is 11.1. The lowest BCUT2D eigenvalue weighted by Gasteiger charge is -2.06. The van der Waals surface area contributed by atoms with Gasteiger partial charge in [0.15, 0.2) is 0 Å². The van der Waals surface area contributed by atoms with Gasteiger partial charge in [0.2, 0.25) is 10.0 Å². The molecule has 0 aliphatic heterocycles. The average molecular weight is 261 g/mol.